The zero-order chi connectivity index (χ0) is 15.5. The Morgan fingerprint density at radius 2 is 1.95 bits per heavy atom. The van der Waals surface area contributed by atoms with Crippen LogP contribution in [0.25, 0.3) is 0 Å². The van der Waals surface area contributed by atoms with E-state index < -0.39 is 11.6 Å². The second-order valence-electron chi connectivity index (χ2n) is 5.00. The maximum atomic E-state index is 12.3. The molecule has 5 nitrogen and oxygen atoms in total. The number of carbonyl (C=O) groups is 2. The van der Waals surface area contributed by atoms with Gasteiger partial charge in [-0.1, -0.05) is 13.8 Å². The molecular formula is C15H22O5. The number of carbonyl (C=O) groups excluding carboxylic acids is 2. The number of methoxy groups -OCH3 is 2. The Balaban J connectivity index is 3.19. The molecule has 0 heterocycles. The number of hydrogen-bond acceptors (Lipinski definition) is 5. The average Bonchev–Trinajstić information content (AvgIpc) is 2.42. The molecule has 0 bridgehead atoms. The Kier molecular flexibility index (Phi) is 4.98. The van der Waals surface area contributed by atoms with E-state index in [9.17, 15) is 9.59 Å². The number of ether oxygens (including phenoxy) is 3. The third kappa shape index (κ3) is 2.71. The Labute approximate surface area is 119 Å². The highest BCUT2D eigenvalue weighted by Crippen LogP contribution is 2.35. The zero-order valence-electron chi connectivity index (χ0n) is 12.9. The molecule has 0 spiro atoms. The van der Waals surface area contributed by atoms with Gasteiger partial charge in [0, 0.05) is 11.6 Å². The highest BCUT2D eigenvalue weighted by atomic mass is 16.6. The zero-order valence-corrected chi connectivity index (χ0v) is 12.9. The molecule has 0 aliphatic heterocycles. The van der Waals surface area contributed by atoms with Gasteiger partial charge in [0.05, 0.1) is 20.1 Å². The molecule has 0 N–H and O–H groups in total. The predicted octanol–water partition coefficient (Wildman–Crippen LogP) is 2.37. The van der Waals surface area contributed by atoms with Crippen LogP contribution in [0, 0.1) is 5.92 Å². The van der Waals surface area contributed by atoms with Crippen molar-refractivity contribution in [3.05, 3.63) is 23.2 Å². The maximum Gasteiger partial charge on any atom is 0.310 e. The lowest BCUT2D eigenvalue weighted by Gasteiger charge is -2.33. The molecule has 0 saturated heterocycles. The molecule has 112 valence electrons. The minimum absolute atomic E-state index is 0.272. The van der Waals surface area contributed by atoms with Gasteiger partial charge in [0.15, 0.2) is 5.76 Å². The lowest BCUT2D eigenvalue weighted by Crippen LogP contribution is -2.45. The van der Waals surface area contributed by atoms with Crippen LogP contribution in [0.3, 0.4) is 0 Å². The molecule has 0 amide bonds. The van der Waals surface area contributed by atoms with Gasteiger partial charge in [0.2, 0.25) is 11.4 Å². The van der Waals surface area contributed by atoms with Crippen LogP contribution >= 0.6 is 0 Å². The van der Waals surface area contributed by atoms with Gasteiger partial charge < -0.3 is 14.2 Å². The van der Waals surface area contributed by atoms with Crippen LogP contribution in [0.2, 0.25) is 0 Å². The van der Waals surface area contributed by atoms with Gasteiger partial charge in [-0.3, -0.25) is 9.59 Å². The molecule has 0 aromatic heterocycles. The van der Waals surface area contributed by atoms with Crippen molar-refractivity contribution in [3.63, 3.8) is 0 Å². The highest BCUT2D eigenvalue weighted by molar-refractivity contribution is 6.02. The largest absolute Gasteiger partial charge is 0.496 e. The van der Waals surface area contributed by atoms with Crippen molar-refractivity contribution < 1.29 is 23.8 Å². The molecule has 1 rings (SSSR count). The van der Waals surface area contributed by atoms with Crippen LogP contribution < -0.4 is 0 Å². The molecule has 0 fully saturated rings. The number of allylic oxidation sites excluding steroid dienone is 1. The molecule has 0 saturated carbocycles. The molecule has 0 aromatic carbocycles. The summed E-state index contributed by atoms with van der Waals surface area (Å²) in [6, 6.07) is 0. The van der Waals surface area contributed by atoms with Gasteiger partial charge in [0.1, 0.15) is 5.76 Å². The number of esters is 1. The van der Waals surface area contributed by atoms with Crippen LogP contribution in [0.15, 0.2) is 23.2 Å². The summed E-state index contributed by atoms with van der Waals surface area (Å²) in [4.78, 5) is 24.3. The fraction of sp³-hybridized carbons (Fsp3) is 0.600. The van der Waals surface area contributed by atoms with E-state index in [1.54, 1.807) is 20.8 Å². The van der Waals surface area contributed by atoms with Gasteiger partial charge in [-0.15, -0.1) is 0 Å². The normalized spacial score (nSPS) is 24.1. The molecule has 0 radical (unpaired) electrons. The summed E-state index contributed by atoms with van der Waals surface area (Å²) in [6.45, 7) is 6.95. The molecule has 0 unspecified atom stereocenters. The van der Waals surface area contributed by atoms with Gasteiger partial charge in [-0.2, -0.15) is 0 Å². The third-order valence-corrected chi connectivity index (χ3v) is 3.62. The predicted molar refractivity (Wildman–Crippen MR) is 73.8 cm³/mol. The first-order valence-corrected chi connectivity index (χ1v) is 6.60. The molecule has 2 atom stereocenters. The Hall–Kier alpha value is -1.78. The standard InChI is InChI=1S/C15H22O5/c1-7-9(2)14(17)20-15(4)12(16)8-11(18-5)10(3)13(15)19-6/h8-9H,7H2,1-6H3/t9-,15-/m1/s1. The monoisotopic (exact) mass is 282 g/mol. The molecule has 1 aliphatic carbocycles. The summed E-state index contributed by atoms with van der Waals surface area (Å²) in [5.41, 5.74) is -0.782. The van der Waals surface area contributed by atoms with E-state index in [1.165, 1.54) is 20.3 Å². The quantitative estimate of drug-likeness (QED) is 0.724. The van der Waals surface area contributed by atoms with E-state index in [-0.39, 0.29) is 11.7 Å². The first-order chi connectivity index (χ1) is 9.31. The summed E-state index contributed by atoms with van der Waals surface area (Å²) < 4.78 is 15.9. The first kappa shape index (κ1) is 16.3. The maximum absolute atomic E-state index is 12.3. The molecule has 5 heteroatoms. The molecule has 20 heavy (non-hydrogen) atoms. The topological polar surface area (TPSA) is 61.8 Å². The van der Waals surface area contributed by atoms with Gasteiger partial charge >= 0.3 is 5.97 Å². The first-order valence-electron chi connectivity index (χ1n) is 6.60. The number of ketones is 1. The molecular weight excluding hydrogens is 260 g/mol. The summed E-state index contributed by atoms with van der Waals surface area (Å²) in [5.74, 6) is -0.332. The van der Waals surface area contributed by atoms with Gasteiger partial charge in [-0.25, -0.2) is 0 Å². The van der Waals surface area contributed by atoms with Gasteiger partial charge in [0.25, 0.3) is 0 Å². The van der Waals surface area contributed by atoms with Gasteiger partial charge in [-0.05, 0) is 20.3 Å². The summed E-state index contributed by atoms with van der Waals surface area (Å²) in [5, 5.41) is 0. The van der Waals surface area contributed by atoms with Crippen LogP contribution in [0.5, 0.6) is 0 Å². The van der Waals surface area contributed by atoms with Crippen molar-refractivity contribution in [3.8, 4) is 0 Å². The Morgan fingerprint density at radius 3 is 2.40 bits per heavy atom. The van der Waals surface area contributed by atoms with E-state index in [0.717, 1.165) is 0 Å². The smallest absolute Gasteiger partial charge is 0.310 e. The second-order valence-corrected chi connectivity index (χ2v) is 5.00. The van der Waals surface area contributed by atoms with E-state index in [2.05, 4.69) is 0 Å². The van der Waals surface area contributed by atoms with E-state index >= 15 is 0 Å². The van der Waals surface area contributed by atoms with Crippen molar-refractivity contribution in [1.29, 1.82) is 0 Å². The molecule has 0 aromatic rings. The summed E-state index contributed by atoms with van der Waals surface area (Å²) in [7, 11) is 2.92. The number of hydrogen-bond donors (Lipinski definition) is 0. The van der Waals surface area contributed by atoms with Crippen LogP contribution in [-0.2, 0) is 23.8 Å². The highest BCUT2D eigenvalue weighted by Gasteiger charge is 2.46. The third-order valence-electron chi connectivity index (χ3n) is 3.62. The van der Waals surface area contributed by atoms with Crippen LogP contribution in [-0.4, -0.2) is 31.6 Å². The lowest BCUT2D eigenvalue weighted by molar-refractivity contribution is -0.167. The SMILES string of the molecule is CC[C@@H](C)C(=O)O[C@]1(C)C(=O)C=C(OC)C(C)=C1OC. The van der Waals surface area contributed by atoms with Crippen molar-refractivity contribution >= 4 is 11.8 Å². The van der Waals surface area contributed by atoms with Crippen LogP contribution in [0.4, 0.5) is 0 Å². The summed E-state index contributed by atoms with van der Waals surface area (Å²) >= 11 is 0. The van der Waals surface area contributed by atoms with Crippen molar-refractivity contribution in [2.75, 3.05) is 14.2 Å². The van der Waals surface area contributed by atoms with Crippen molar-refractivity contribution in [2.45, 2.75) is 39.7 Å². The van der Waals surface area contributed by atoms with Crippen molar-refractivity contribution in [1.82, 2.24) is 0 Å². The van der Waals surface area contributed by atoms with E-state index in [0.29, 0.717) is 23.5 Å². The lowest BCUT2D eigenvalue weighted by atomic mass is 9.88. The fourth-order valence-electron chi connectivity index (χ4n) is 2.07. The van der Waals surface area contributed by atoms with Crippen LogP contribution in [0.1, 0.15) is 34.1 Å². The van der Waals surface area contributed by atoms with Crippen molar-refractivity contribution in [2.24, 2.45) is 5.92 Å². The summed E-state index contributed by atoms with van der Waals surface area (Å²) in [6.07, 6.45) is 1.98. The Bertz CT molecular complexity index is 475. The van der Waals surface area contributed by atoms with E-state index in [1.807, 2.05) is 6.92 Å². The Morgan fingerprint density at radius 1 is 1.35 bits per heavy atom. The average molecular weight is 282 g/mol. The molecule has 1 aliphatic rings. The minimum Gasteiger partial charge on any atom is -0.496 e. The number of rotatable bonds is 5. The second kappa shape index (κ2) is 6.11. The fourth-order valence-corrected chi connectivity index (χ4v) is 2.07. The van der Waals surface area contributed by atoms with E-state index in [4.69, 9.17) is 14.2 Å². The minimum atomic E-state index is -1.43.